The molecule has 34 heavy (non-hydrogen) atoms. The summed E-state index contributed by atoms with van der Waals surface area (Å²) in [6.45, 7) is 3.96. The third kappa shape index (κ3) is 4.01. The van der Waals surface area contributed by atoms with Crippen LogP contribution in [0.25, 0.3) is 17.0 Å². The van der Waals surface area contributed by atoms with Gasteiger partial charge in [-0.15, -0.1) is 0 Å². The zero-order valence-corrected chi connectivity index (χ0v) is 19.3. The van der Waals surface area contributed by atoms with Crippen LogP contribution < -0.4 is 11.1 Å². The highest BCUT2D eigenvalue weighted by Gasteiger charge is 2.30. The molecule has 4 heterocycles. The Morgan fingerprint density at radius 3 is 2.68 bits per heavy atom. The van der Waals surface area contributed by atoms with Gasteiger partial charge in [0, 0.05) is 29.8 Å². The normalized spacial score (nSPS) is 18.4. The molecule has 2 atom stereocenters. The first-order valence-corrected chi connectivity index (χ1v) is 11.2. The van der Waals surface area contributed by atoms with Crippen LogP contribution in [-0.4, -0.2) is 31.1 Å². The number of fused-ring (bicyclic) bond motifs is 1. The van der Waals surface area contributed by atoms with Gasteiger partial charge >= 0.3 is 0 Å². The van der Waals surface area contributed by atoms with Gasteiger partial charge in [-0.2, -0.15) is 0 Å². The Morgan fingerprint density at radius 2 is 1.91 bits per heavy atom. The van der Waals surface area contributed by atoms with E-state index in [1.54, 1.807) is 26.1 Å². The van der Waals surface area contributed by atoms with Crippen LogP contribution in [0.15, 0.2) is 46.1 Å². The standard InChI is InChI=1S/C24H21ClFN5O3/c1-12-13(2)29-23-22(28-12)30-21(24(33)31(23)18-4-3-16(25)11-17(18)26)15-6-8-34-19(9-15)14-5-7-27-20(32)10-14/h3-5,7,10-11,15,19H,6,8-9H2,1-2H3,(H,27,32)/t15-,19+/m1/s1. The Hall–Kier alpha value is -3.43. The Balaban J connectivity index is 1.69. The lowest BCUT2D eigenvalue weighted by molar-refractivity contribution is 0.00433. The molecule has 8 nitrogen and oxygen atoms in total. The van der Waals surface area contributed by atoms with Crippen LogP contribution in [-0.2, 0) is 4.74 Å². The summed E-state index contributed by atoms with van der Waals surface area (Å²) in [5, 5.41) is 0.219. The first-order valence-electron chi connectivity index (χ1n) is 10.9. The number of hydrogen-bond acceptors (Lipinski definition) is 6. The molecule has 1 aliphatic rings. The summed E-state index contributed by atoms with van der Waals surface area (Å²) in [6.07, 6.45) is 2.19. The second-order valence-corrected chi connectivity index (χ2v) is 8.78. The molecular formula is C24H21ClFN5O3. The van der Waals surface area contributed by atoms with Crippen molar-refractivity contribution in [2.24, 2.45) is 0 Å². The predicted molar refractivity (Wildman–Crippen MR) is 125 cm³/mol. The maximum absolute atomic E-state index is 15.0. The summed E-state index contributed by atoms with van der Waals surface area (Å²) >= 11 is 5.94. The van der Waals surface area contributed by atoms with E-state index in [-0.39, 0.29) is 45.3 Å². The maximum atomic E-state index is 15.0. The van der Waals surface area contributed by atoms with Gasteiger partial charge in [-0.25, -0.2) is 19.3 Å². The summed E-state index contributed by atoms with van der Waals surface area (Å²) < 4.78 is 22.1. The molecule has 1 N–H and O–H groups in total. The highest BCUT2D eigenvalue weighted by atomic mass is 35.5. The highest BCUT2D eigenvalue weighted by molar-refractivity contribution is 6.30. The molecule has 0 unspecified atom stereocenters. The van der Waals surface area contributed by atoms with Gasteiger partial charge in [0.1, 0.15) is 11.5 Å². The van der Waals surface area contributed by atoms with Gasteiger partial charge in [0.05, 0.1) is 23.2 Å². The minimum absolute atomic E-state index is 0.0267. The number of rotatable bonds is 3. The fourth-order valence-corrected chi connectivity index (χ4v) is 4.43. The van der Waals surface area contributed by atoms with Crippen molar-refractivity contribution >= 4 is 22.9 Å². The Bertz CT molecular complexity index is 1530. The van der Waals surface area contributed by atoms with Crippen molar-refractivity contribution in [3.05, 3.63) is 90.7 Å². The van der Waals surface area contributed by atoms with Crippen LogP contribution in [0.1, 0.15) is 47.5 Å². The quantitative estimate of drug-likeness (QED) is 0.476. The second-order valence-electron chi connectivity index (χ2n) is 8.34. The maximum Gasteiger partial charge on any atom is 0.278 e. The van der Waals surface area contributed by atoms with E-state index in [1.807, 2.05) is 0 Å². The molecule has 0 saturated carbocycles. The number of aromatic amines is 1. The monoisotopic (exact) mass is 481 g/mol. The Labute approximate surface area is 198 Å². The molecule has 0 amide bonds. The molecule has 5 rings (SSSR count). The largest absolute Gasteiger partial charge is 0.373 e. The van der Waals surface area contributed by atoms with Crippen molar-refractivity contribution in [1.29, 1.82) is 0 Å². The molecule has 1 saturated heterocycles. The van der Waals surface area contributed by atoms with Crippen molar-refractivity contribution in [2.45, 2.75) is 38.7 Å². The summed E-state index contributed by atoms with van der Waals surface area (Å²) in [7, 11) is 0. The SMILES string of the molecule is Cc1nc2nc([C@@H]3CCO[C@H](c4cc[nH]c(=O)c4)C3)c(=O)n(-c3ccc(Cl)cc3F)c2nc1C. The number of nitrogens with one attached hydrogen (secondary N) is 1. The van der Waals surface area contributed by atoms with Gasteiger partial charge in [-0.1, -0.05) is 11.6 Å². The number of aryl methyl sites for hydroxylation is 2. The van der Waals surface area contributed by atoms with Gasteiger partial charge in [0.25, 0.3) is 5.56 Å². The number of halogens is 2. The van der Waals surface area contributed by atoms with Crippen LogP contribution >= 0.6 is 11.6 Å². The molecule has 0 spiro atoms. The summed E-state index contributed by atoms with van der Waals surface area (Å²) in [6, 6.07) is 7.38. The third-order valence-electron chi connectivity index (χ3n) is 6.12. The van der Waals surface area contributed by atoms with Crippen molar-refractivity contribution in [3.8, 4) is 5.69 Å². The zero-order valence-electron chi connectivity index (χ0n) is 18.5. The minimum Gasteiger partial charge on any atom is -0.373 e. The van der Waals surface area contributed by atoms with E-state index < -0.39 is 11.4 Å². The number of benzene rings is 1. The smallest absolute Gasteiger partial charge is 0.278 e. The number of H-pyrrole nitrogens is 1. The molecule has 0 bridgehead atoms. The van der Waals surface area contributed by atoms with Crippen molar-refractivity contribution in [3.63, 3.8) is 0 Å². The van der Waals surface area contributed by atoms with Crippen LogP contribution in [0.5, 0.6) is 0 Å². The average molecular weight is 482 g/mol. The van der Waals surface area contributed by atoms with Gasteiger partial charge in [0.2, 0.25) is 5.56 Å². The predicted octanol–water partition coefficient (Wildman–Crippen LogP) is 3.91. The first kappa shape index (κ1) is 22.4. The van der Waals surface area contributed by atoms with Crippen molar-refractivity contribution < 1.29 is 9.13 Å². The molecule has 0 aliphatic carbocycles. The average Bonchev–Trinajstić information content (AvgIpc) is 2.81. The van der Waals surface area contributed by atoms with E-state index in [1.165, 1.54) is 22.8 Å². The lowest BCUT2D eigenvalue weighted by Gasteiger charge is -2.29. The van der Waals surface area contributed by atoms with E-state index >= 15 is 0 Å². The zero-order chi connectivity index (χ0) is 24.0. The Morgan fingerprint density at radius 1 is 1.12 bits per heavy atom. The van der Waals surface area contributed by atoms with Crippen LogP contribution in [0, 0.1) is 19.7 Å². The fraction of sp³-hybridized carbons (Fsp3) is 0.292. The minimum atomic E-state index is -0.651. The van der Waals surface area contributed by atoms with E-state index in [0.29, 0.717) is 30.8 Å². The number of pyridine rings is 1. The van der Waals surface area contributed by atoms with E-state index in [4.69, 9.17) is 16.3 Å². The van der Waals surface area contributed by atoms with Gasteiger partial charge in [-0.3, -0.25) is 14.2 Å². The summed E-state index contributed by atoms with van der Waals surface area (Å²) in [5.41, 5.74) is 2.03. The molecule has 0 radical (unpaired) electrons. The van der Waals surface area contributed by atoms with Crippen molar-refractivity contribution in [2.75, 3.05) is 6.61 Å². The molecule has 1 aromatic carbocycles. The lowest BCUT2D eigenvalue weighted by atomic mass is 9.89. The number of hydrogen-bond donors (Lipinski definition) is 1. The van der Waals surface area contributed by atoms with Crippen molar-refractivity contribution in [1.82, 2.24) is 24.5 Å². The summed E-state index contributed by atoms with van der Waals surface area (Å²) in [5.74, 6) is -0.929. The Kier molecular flexibility index (Phi) is 5.75. The number of nitrogens with zero attached hydrogens (tertiary/aromatic N) is 4. The first-order chi connectivity index (χ1) is 16.3. The van der Waals surface area contributed by atoms with Gasteiger partial charge in [-0.05, 0) is 56.5 Å². The van der Waals surface area contributed by atoms with Gasteiger partial charge in [0.15, 0.2) is 11.3 Å². The van der Waals surface area contributed by atoms with E-state index in [2.05, 4.69) is 19.9 Å². The topological polar surface area (TPSA) is 103 Å². The molecule has 10 heteroatoms. The molecule has 174 valence electrons. The summed E-state index contributed by atoms with van der Waals surface area (Å²) in [4.78, 5) is 41.8. The highest BCUT2D eigenvalue weighted by Crippen LogP contribution is 2.36. The van der Waals surface area contributed by atoms with E-state index in [9.17, 15) is 14.0 Å². The van der Waals surface area contributed by atoms with Gasteiger partial charge < -0.3 is 9.72 Å². The van der Waals surface area contributed by atoms with Crippen LogP contribution in [0.3, 0.4) is 0 Å². The molecule has 4 aromatic rings. The number of aromatic nitrogens is 5. The fourth-order valence-electron chi connectivity index (χ4n) is 4.27. The molecule has 3 aromatic heterocycles. The van der Waals surface area contributed by atoms with Crippen LogP contribution in [0.2, 0.25) is 5.02 Å². The lowest BCUT2D eigenvalue weighted by Crippen LogP contribution is -2.31. The van der Waals surface area contributed by atoms with Crippen LogP contribution in [0.4, 0.5) is 4.39 Å². The number of ether oxygens (including phenoxy) is 1. The van der Waals surface area contributed by atoms with E-state index in [0.717, 1.165) is 11.6 Å². The molecular weight excluding hydrogens is 461 g/mol. The molecule has 1 aliphatic heterocycles. The second kappa shape index (κ2) is 8.73. The molecule has 1 fully saturated rings. The third-order valence-corrected chi connectivity index (χ3v) is 6.36.